The minimum atomic E-state index is 0.653. The van der Waals surface area contributed by atoms with Crippen molar-refractivity contribution in [1.29, 1.82) is 0 Å². The van der Waals surface area contributed by atoms with Crippen LogP contribution in [0.4, 0.5) is 0 Å². The van der Waals surface area contributed by atoms with Crippen LogP contribution in [-0.2, 0) is 13.1 Å². The lowest BCUT2D eigenvalue weighted by molar-refractivity contribution is 0.267. The van der Waals surface area contributed by atoms with Crippen molar-refractivity contribution < 1.29 is 9.47 Å². The number of methoxy groups -OCH3 is 2. The van der Waals surface area contributed by atoms with Crippen molar-refractivity contribution in [3.8, 4) is 11.5 Å². The number of halogens is 1. The second kappa shape index (κ2) is 7.59. The van der Waals surface area contributed by atoms with Gasteiger partial charge in [0.15, 0.2) is 11.5 Å². The molecule has 0 unspecified atom stereocenters. The Balaban J connectivity index is 2.09. The summed E-state index contributed by atoms with van der Waals surface area (Å²) in [6.07, 6.45) is 0. The third-order valence-electron chi connectivity index (χ3n) is 3.18. The van der Waals surface area contributed by atoms with Crippen molar-refractivity contribution in [2.75, 3.05) is 20.8 Å². The highest BCUT2D eigenvalue weighted by Gasteiger charge is 2.12. The number of hydrogen-bond acceptors (Lipinski definition) is 6. The largest absolute Gasteiger partial charge is 0.493 e. The third kappa shape index (κ3) is 4.06. The molecule has 0 aliphatic heterocycles. The molecule has 1 aromatic carbocycles. The quantitative estimate of drug-likeness (QED) is 0.781. The fourth-order valence-corrected chi connectivity index (χ4v) is 2.63. The first-order valence-electron chi connectivity index (χ1n) is 6.57. The number of ether oxygens (including phenoxy) is 2. The maximum absolute atomic E-state index is 6.06. The minimum Gasteiger partial charge on any atom is -0.493 e. The Labute approximate surface area is 133 Å². The van der Waals surface area contributed by atoms with E-state index in [9.17, 15) is 0 Å². The van der Waals surface area contributed by atoms with E-state index in [4.69, 9.17) is 21.1 Å². The number of aromatic nitrogens is 2. The van der Waals surface area contributed by atoms with Gasteiger partial charge in [-0.05, 0) is 24.2 Å². The van der Waals surface area contributed by atoms with Gasteiger partial charge < -0.3 is 9.47 Å². The van der Waals surface area contributed by atoms with Crippen molar-refractivity contribution in [3.05, 3.63) is 33.8 Å². The molecule has 0 bridgehead atoms. The molecule has 1 aromatic heterocycles. The van der Waals surface area contributed by atoms with Gasteiger partial charge in [0.25, 0.3) is 0 Å². The van der Waals surface area contributed by atoms with Crippen LogP contribution in [0.1, 0.15) is 18.2 Å². The molecular weight excluding hydrogens is 310 g/mol. The minimum absolute atomic E-state index is 0.653. The second-order valence-corrected chi connectivity index (χ2v) is 5.84. The van der Waals surface area contributed by atoms with Crippen molar-refractivity contribution in [1.82, 2.24) is 14.5 Å². The first-order valence-corrected chi connectivity index (χ1v) is 7.73. The van der Waals surface area contributed by atoms with Crippen LogP contribution in [0.15, 0.2) is 18.2 Å². The first-order chi connectivity index (χ1) is 10.2. The Morgan fingerprint density at radius 1 is 1.19 bits per heavy atom. The molecule has 0 saturated carbocycles. The van der Waals surface area contributed by atoms with Crippen molar-refractivity contribution in [3.63, 3.8) is 0 Å². The summed E-state index contributed by atoms with van der Waals surface area (Å²) >= 11 is 7.28. The average Bonchev–Trinajstić information content (AvgIpc) is 2.91. The Morgan fingerprint density at radius 2 is 1.95 bits per heavy atom. The van der Waals surface area contributed by atoms with Crippen LogP contribution in [0.2, 0.25) is 4.34 Å². The van der Waals surface area contributed by atoms with E-state index < -0.39 is 0 Å². The number of nitrogens with zero attached hydrogens (tertiary/aromatic N) is 3. The SMILES string of the molecule is CCN(Cc1ccc(OC)c(OC)c1)Cc1nnsc1Cl. The molecule has 114 valence electrons. The van der Waals surface area contributed by atoms with Crippen LogP contribution in [0, 0.1) is 0 Å². The number of hydrogen-bond donors (Lipinski definition) is 0. The average molecular weight is 328 g/mol. The highest BCUT2D eigenvalue weighted by Crippen LogP contribution is 2.28. The van der Waals surface area contributed by atoms with Crippen LogP contribution in [0.3, 0.4) is 0 Å². The van der Waals surface area contributed by atoms with Crippen molar-refractivity contribution in [2.45, 2.75) is 20.0 Å². The summed E-state index contributed by atoms with van der Waals surface area (Å²) < 4.78 is 15.1. The highest BCUT2D eigenvalue weighted by molar-refractivity contribution is 7.10. The fraction of sp³-hybridized carbons (Fsp3) is 0.429. The smallest absolute Gasteiger partial charge is 0.161 e. The molecule has 0 fully saturated rings. The Kier molecular flexibility index (Phi) is 5.78. The van der Waals surface area contributed by atoms with Crippen LogP contribution >= 0.6 is 23.1 Å². The van der Waals surface area contributed by atoms with Gasteiger partial charge in [0.05, 0.1) is 14.2 Å². The zero-order valence-electron chi connectivity index (χ0n) is 12.3. The van der Waals surface area contributed by atoms with Gasteiger partial charge in [0, 0.05) is 24.6 Å². The van der Waals surface area contributed by atoms with E-state index in [-0.39, 0.29) is 0 Å². The molecule has 2 aromatic rings. The molecule has 21 heavy (non-hydrogen) atoms. The molecular formula is C14H18ClN3O2S. The van der Waals surface area contributed by atoms with E-state index in [1.807, 2.05) is 18.2 Å². The monoisotopic (exact) mass is 327 g/mol. The lowest BCUT2D eigenvalue weighted by atomic mass is 10.2. The summed E-state index contributed by atoms with van der Waals surface area (Å²) in [7, 11) is 3.27. The predicted molar refractivity (Wildman–Crippen MR) is 84.3 cm³/mol. The molecule has 0 atom stereocenters. The Bertz CT molecular complexity index is 591. The molecule has 0 aliphatic carbocycles. The van der Waals surface area contributed by atoms with Gasteiger partial charge in [-0.1, -0.05) is 29.1 Å². The lowest BCUT2D eigenvalue weighted by Crippen LogP contribution is -2.22. The molecule has 0 aliphatic rings. The lowest BCUT2D eigenvalue weighted by Gasteiger charge is -2.20. The third-order valence-corrected chi connectivity index (χ3v) is 4.17. The molecule has 0 N–H and O–H groups in total. The van der Waals surface area contributed by atoms with Gasteiger partial charge in [-0.2, -0.15) is 0 Å². The van der Waals surface area contributed by atoms with Crippen LogP contribution in [-0.4, -0.2) is 35.3 Å². The van der Waals surface area contributed by atoms with E-state index in [0.717, 1.165) is 35.8 Å². The molecule has 0 saturated heterocycles. The summed E-state index contributed by atoms with van der Waals surface area (Å²) in [5, 5.41) is 4.06. The molecule has 0 spiro atoms. The van der Waals surface area contributed by atoms with Gasteiger partial charge in [-0.3, -0.25) is 4.90 Å². The maximum atomic E-state index is 6.06. The standard InChI is InChI=1S/C14H18ClN3O2S/c1-4-18(9-11-14(15)21-17-16-11)8-10-5-6-12(19-2)13(7-10)20-3/h5-7H,4,8-9H2,1-3H3. The van der Waals surface area contributed by atoms with E-state index in [1.54, 1.807) is 14.2 Å². The summed E-state index contributed by atoms with van der Waals surface area (Å²) in [6, 6.07) is 5.94. The van der Waals surface area contributed by atoms with Gasteiger partial charge in [0.1, 0.15) is 10.0 Å². The first kappa shape index (κ1) is 16.0. The highest BCUT2D eigenvalue weighted by atomic mass is 35.5. The van der Waals surface area contributed by atoms with Crippen molar-refractivity contribution >= 4 is 23.1 Å². The fourth-order valence-electron chi connectivity index (χ4n) is 2.02. The molecule has 2 rings (SSSR count). The Morgan fingerprint density at radius 3 is 2.52 bits per heavy atom. The number of rotatable bonds is 7. The van der Waals surface area contributed by atoms with Crippen LogP contribution < -0.4 is 9.47 Å². The van der Waals surface area contributed by atoms with Crippen molar-refractivity contribution in [2.24, 2.45) is 0 Å². The maximum Gasteiger partial charge on any atom is 0.161 e. The zero-order chi connectivity index (χ0) is 15.2. The zero-order valence-corrected chi connectivity index (χ0v) is 13.9. The normalized spacial score (nSPS) is 10.9. The molecule has 0 radical (unpaired) electrons. The summed E-state index contributed by atoms with van der Waals surface area (Å²) in [5.41, 5.74) is 1.97. The van der Waals surface area contributed by atoms with Gasteiger partial charge in [-0.25, -0.2) is 0 Å². The van der Waals surface area contributed by atoms with Gasteiger partial charge in [0.2, 0.25) is 0 Å². The summed E-state index contributed by atoms with van der Waals surface area (Å²) in [4.78, 5) is 2.24. The molecule has 0 amide bonds. The molecule has 5 nitrogen and oxygen atoms in total. The van der Waals surface area contributed by atoms with E-state index in [0.29, 0.717) is 10.9 Å². The van der Waals surface area contributed by atoms with E-state index >= 15 is 0 Å². The van der Waals surface area contributed by atoms with E-state index in [2.05, 4.69) is 21.4 Å². The van der Waals surface area contributed by atoms with Gasteiger partial charge >= 0.3 is 0 Å². The predicted octanol–water partition coefficient (Wildman–Crippen LogP) is 3.23. The molecule has 1 heterocycles. The second-order valence-electron chi connectivity index (χ2n) is 4.49. The van der Waals surface area contributed by atoms with E-state index in [1.165, 1.54) is 11.5 Å². The van der Waals surface area contributed by atoms with Crippen LogP contribution in [0.5, 0.6) is 11.5 Å². The Hall–Kier alpha value is -1.37. The summed E-state index contributed by atoms with van der Waals surface area (Å²) in [5.74, 6) is 1.47. The number of benzene rings is 1. The topological polar surface area (TPSA) is 47.5 Å². The van der Waals surface area contributed by atoms with Gasteiger partial charge in [-0.15, -0.1) is 5.10 Å². The molecule has 7 heteroatoms. The summed E-state index contributed by atoms with van der Waals surface area (Å²) in [6.45, 7) is 4.46. The van der Waals surface area contributed by atoms with Crippen LogP contribution in [0.25, 0.3) is 0 Å².